The Morgan fingerprint density at radius 1 is 1.19 bits per heavy atom. The van der Waals surface area contributed by atoms with Gasteiger partial charge in [-0.25, -0.2) is 9.98 Å². The average molecular weight is 345 g/mol. The molecule has 1 aliphatic heterocycles. The number of H-pyrrole nitrogens is 1. The molecule has 1 aliphatic rings. The fraction of sp³-hybridized carbons (Fsp3) is 0.150. The maximum Gasteiger partial charge on any atom is 0.276 e. The predicted molar refractivity (Wildman–Crippen MR) is 102 cm³/mol. The van der Waals surface area contributed by atoms with Crippen molar-refractivity contribution in [1.82, 2.24) is 20.6 Å². The minimum atomic E-state index is -0.214. The van der Waals surface area contributed by atoms with Gasteiger partial charge in [0.05, 0.1) is 6.04 Å². The molecule has 1 atom stereocenters. The number of carbonyl (C=O) groups excluding carboxylic acids is 1. The summed E-state index contributed by atoms with van der Waals surface area (Å²) in [5, 5.41) is 7.08. The zero-order chi connectivity index (χ0) is 17.9. The normalized spacial score (nSPS) is 16.6. The maximum atomic E-state index is 12.3. The second-order valence-electron chi connectivity index (χ2n) is 6.10. The van der Waals surface area contributed by atoms with E-state index in [0.29, 0.717) is 11.7 Å². The summed E-state index contributed by atoms with van der Waals surface area (Å²) in [5.74, 6) is 0.267. The Morgan fingerprint density at radius 2 is 2.04 bits per heavy atom. The molecular weight excluding hydrogens is 326 g/mol. The van der Waals surface area contributed by atoms with Gasteiger partial charge in [0.25, 0.3) is 5.91 Å². The number of hydrogen-bond donors (Lipinski definition) is 3. The Balaban J connectivity index is 1.59. The van der Waals surface area contributed by atoms with E-state index in [0.717, 1.165) is 28.6 Å². The summed E-state index contributed by atoms with van der Waals surface area (Å²) in [7, 11) is 0. The summed E-state index contributed by atoms with van der Waals surface area (Å²) in [5.41, 5.74) is 3.21. The van der Waals surface area contributed by atoms with Crippen LogP contribution in [0.4, 0.5) is 0 Å². The summed E-state index contributed by atoms with van der Waals surface area (Å²) in [6.45, 7) is 2.09. The molecule has 3 N–H and O–H groups in total. The molecule has 0 bridgehead atoms. The number of guanidine groups is 1. The molecule has 130 valence electrons. The van der Waals surface area contributed by atoms with Crippen LogP contribution in [0.3, 0.4) is 0 Å². The lowest BCUT2D eigenvalue weighted by atomic mass is 10.1. The highest BCUT2D eigenvalue weighted by Crippen LogP contribution is 2.21. The van der Waals surface area contributed by atoms with Crippen LogP contribution in [0.15, 0.2) is 65.5 Å². The molecule has 26 heavy (non-hydrogen) atoms. The Hall–Kier alpha value is -3.41. The molecule has 3 aromatic rings. The first-order valence-corrected chi connectivity index (χ1v) is 8.60. The van der Waals surface area contributed by atoms with Gasteiger partial charge in [-0.2, -0.15) is 0 Å². The second kappa shape index (κ2) is 6.84. The molecule has 0 aliphatic carbocycles. The summed E-state index contributed by atoms with van der Waals surface area (Å²) in [4.78, 5) is 24.1. The molecule has 6 nitrogen and oxygen atoms in total. The standard InChI is InChI=1S/C20H19N5O/c1-2-16(13-7-4-3-5-8-13)23-20-24-17(19(26)25-20)11-14-12-22-18-15(14)9-6-10-21-18/h3-12,16H,2H2,1H3,(H,21,22)(H2,23,24,25,26). The van der Waals surface area contributed by atoms with Crippen molar-refractivity contribution in [3.63, 3.8) is 0 Å². The number of aromatic amines is 1. The highest BCUT2D eigenvalue weighted by Gasteiger charge is 2.22. The Morgan fingerprint density at radius 3 is 2.85 bits per heavy atom. The van der Waals surface area contributed by atoms with Crippen molar-refractivity contribution in [2.45, 2.75) is 19.4 Å². The lowest BCUT2D eigenvalue weighted by Gasteiger charge is -2.17. The van der Waals surface area contributed by atoms with Crippen LogP contribution in [0.2, 0.25) is 0 Å². The number of aromatic nitrogens is 2. The van der Waals surface area contributed by atoms with Gasteiger partial charge < -0.3 is 10.3 Å². The molecule has 1 aromatic carbocycles. The number of hydrogen-bond acceptors (Lipinski definition) is 4. The smallest absolute Gasteiger partial charge is 0.276 e. The van der Waals surface area contributed by atoms with Crippen LogP contribution in [0.1, 0.15) is 30.5 Å². The lowest BCUT2D eigenvalue weighted by molar-refractivity contribution is -0.115. The molecule has 1 amide bonds. The molecule has 0 fully saturated rings. The van der Waals surface area contributed by atoms with E-state index in [1.54, 1.807) is 12.3 Å². The van der Waals surface area contributed by atoms with E-state index in [1.807, 2.05) is 36.5 Å². The van der Waals surface area contributed by atoms with E-state index in [-0.39, 0.29) is 11.9 Å². The van der Waals surface area contributed by atoms with Crippen molar-refractivity contribution >= 4 is 29.0 Å². The van der Waals surface area contributed by atoms with Crippen molar-refractivity contribution in [1.29, 1.82) is 0 Å². The first-order chi connectivity index (χ1) is 12.7. The summed E-state index contributed by atoms with van der Waals surface area (Å²) < 4.78 is 0. The minimum Gasteiger partial charge on any atom is -0.349 e. The highest BCUT2D eigenvalue weighted by atomic mass is 16.2. The van der Waals surface area contributed by atoms with Crippen LogP contribution >= 0.6 is 0 Å². The summed E-state index contributed by atoms with van der Waals surface area (Å²) in [6, 6.07) is 14.0. The van der Waals surface area contributed by atoms with E-state index in [1.165, 1.54) is 0 Å². The number of fused-ring (bicyclic) bond motifs is 1. The zero-order valence-corrected chi connectivity index (χ0v) is 14.4. The predicted octanol–water partition coefficient (Wildman–Crippen LogP) is 3.13. The lowest BCUT2D eigenvalue weighted by Crippen LogP contribution is -2.38. The van der Waals surface area contributed by atoms with E-state index in [4.69, 9.17) is 0 Å². The number of pyridine rings is 1. The number of nitrogens with zero attached hydrogens (tertiary/aromatic N) is 2. The number of benzene rings is 1. The van der Waals surface area contributed by atoms with Crippen LogP contribution in [0.5, 0.6) is 0 Å². The van der Waals surface area contributed by atoms with Gasteiger partial charge in [0.2, 0.25) is 5.96 Å². The van der Waals surface area contributed by atoms with Gasteiger partial charge in [-0.05, 0) is 30.2 Å². The molecule has 4 rings (SSSR count). The monoisotopic (exact) mass is 345 g/mol. The molecule has 2 aromatic heterocycles. The highest BCUT2D eigenvalue weighted by molar-refractivity contribution is 6.14. The third-order valence-corrected chi connectivity index (χ3v) is 4.39. The third-order valence-electron chi connectivity index (χ3n) is 4.39. The molecule has 0 radical (unpaired) electrons. The van der Waals surface area contributed by atoms with Crippen LogP contribution < -0.4 is 10.6 Å². The van der Waals surface area contributed by atoms with E-state index >= 15 is 0 Å². The Bertz CT molecular complexity index is 1000. The minimum absolute atomic E-state index is 0.0897. The van der Waals surface area contributed by atoms with Gasteiger partial charge in [-0.15, -0.1) is 0 Å². The average Bonchev–Trinajstić information content (AvgIpc) is 3.24. The molecule has 0 saturated carbocycles. The van der Waals surface area contributed by atoms with Crippen LogP contribution in [-0.4, -0.2) is 21.8 Å². The van der Waals surface area contributed by atoms with E-state index in [9.17, 15) is 4.79 Å². The fourth-order valence-corrected chi connectivity index (χ4v) is 3.05. The number of amides is 1. The van der Waals surface area contributed by atoms with E-state index < -0.39 is 0 Å². The molecule has 0 saturated heterocycles. The van der Waals surface area contributed by atoms with Gasteiger partial charge in [0.1, 0.15) is 11.3 Å². The Labute approximate surface area is 151 Å². The Kier molecular flexibility index (Phi) is 4.23. The molecule has 6 heteroatoms. The molecule has 3 heterocycles. The molecule has 1 unspecified atom stereocenters. The molecule has 0 spiro atoms. The number of aliphatic imine (C=N–C) groups is 1. The van der Waals surface area contributed by atoms with Crippen molar-refractivity contribution in [3.8, 4) is 0 Å². The van der Waals surface area contributed by atoms with Gasteiger partial charge in [-0.3, -0.25) is 10.1 Å². The quantitative estimate of drug-likeness (QED) is 0.635. The molecular formula is C20H19N5O. The topological polar surface area (TPSA) is 82.2 Å². The van der Waals surface area contributed by atoms with E-state index in [2.05, 4.69) is 44.7 Å². The summed E-state index contributed by atoms with van der Waals surface area (Å²) in [6.07, 6.45) is 6.21. The van der Waals surface area contributed by atoms with Crippen molar-refractivity contribution in [2.24, 2.45) is 4.99 Å². The summed E-state index contributed by atoms with van der Waals surface area (Å²) >= 11 is 0. The van der Waals surface area contributed by atoms with Crippen LogP contribution in [0.25, 0.3) is 17.1 Å². The second-order valence-corrected chi connectivity index (χ2v) is 6.10. The SMILES string of the molecule is CCC(NC1=NC(=Cc2c[nH]c3ncccc23)C(=O)N1)c1ccccc1. The van der Waals surface area contributed by atoms with Gasteiger partial charge in [0.15, 0.2) is 0 Å². The number of carbonyl (C=O) groups is 1. The fourth-order valence-electron chi connectivity index (χ4n) is 3.05. The van der Waals surface area contributed by atoms with Crippen molar-refractivity contribution < 1.29 is 4.79 Å². The van der Waals surface area contributed by atoms with Crippen LogP contribution in [0, 0.1) is 0 Å². The first kappa shape index (κ1) is 16.1. The van der Waals surface area contributed by atoms with Gasteiger partial charge in [0, 0.05) is 23.3 Å². The van der Waals surface area contributed by atoms with Crippen molar-refractivity contribution in [2.75, 3.05) is 0 Å². The van der Waals surface area contributed by atoms with Crippen LogP contribution in [-0.2, 0) is 4.79 Å². The number of rotatable bonds is 4. The first-order valence-electron chi connectivity index (χ1n) is 8.60. The largest absolute Gasteiger partial charge is 0.349 e. The maximum absolute atomic E-state index is 12.3. The zero-order valence-electron chi connectivity index (χ0n) is 14.4. The number of nitrogens with one attached hydrogen (secondary N) is 3. The van der Waals surface area contributed by atoms with Crippen molar-refractivity contribution in [3.05, 3.63) is 71.7 Å². The van der Waals surface area contributed by atoms with Gasteiger partial charge in [-0.1, -0.05) is 37.3 Å². The van der Waals surface area contributed by atoms with Gasteiger partial charge >= 0.3 is 0 Å². The third kappa shape index (κ3) is 3.09.